The number of carbonyl (C=O) groups excluding carboxylic acids is 6. The van der Waals surface area contributed by atoms with Gasteiger partial charge >= 0.3 is 12.1 Å². The minimum Gasteiger partial charge on any atom is -0.542 e. The minimum atomic E-state index is -0.406. The quantitative estimate of drug-likeness (QED) is 0.0285. The normalized spacial score (nSPS) is 12.3. The van der Waals surface area contributed by atoms with Gasteiger partial charge in [-0.2, -0.15) is 19.3 Å². The van der Waals surface area contributed by atoms with Gasteiger partial charge in [-0.25, -0.2) is 9.59 Å². The molecule has 13 heteroatoms. The van der Waals surface area contributed by atoms with Crippen molar-refractivity contribution in [3.05, 3.63) is 13.8 Å². The van der Waals surface area contributed by atoms with Crippen molar-refractivity contribution in [3.63, 3.8) is 0 Å². The van der Waals surface area contributed by atoms with Crippen LogP contribution in [0.2, 0.25) is 0 Å². The van der Waals surface area contributed by atoms with Crippen molar-refractivity contribution in [2.75, 3.05) is 0 Å². The molecule has 5 unspecified atom stereocenters. The molecule has 0 saturated carbocycles. The third-order valence-electron chi connectivity index (χ3n) is 8.91. The zero-order valence-electron chi connectivity index (χ0n) is 38.1. The van der Waals surface area contributed by atoms with Crippen LogP contribution in [0.1, 0.15) is 205 Å². The number of hydrogen-bond acceptors (Lipinski definition) is 6. The van der Waals surface area contributed by atoms with Crippen LogP contribution in [0.5, 0.6) is 0 Å². The van der Waals surface area contributed by atoms with Gasteiger partial charge in [-0.1, -0.05) is 107 Å². The van der Waals surface area contributed by atoms with Gasteiger partial charge in [0, 0.05) is 102 Å². The van der Waals surface area contributed by atoms with E-state index in [1.165, 1.54) is 0 Å². The fourth-order valence-electron chi connectivity index (χ4n) is 5.54. The van der Waals surface area contributed by atoms with Gasteiger partial charge < -0.3 is 54.8 Å². The SMILES string of the molecule is C.CCCC(C)NC(=O)NC(C)CCCCCC(=O)C(CC)N[C-]=O.CCCC(C)NC(=O)NC(C)CCCCC[C-]=O.[CH2-]CC.[CH2-]CC(=O)CC(CC)CC.[Y].[Y]. The molecule has 340 valence electrons. The van der Waals surface area contributed by atoms with Crippen molar-refractivity contribution in [3.8, 4) is 0 Å². The number of carbonyl (C=O) groups is 4. The van der Waals surface area contributed by atoms with Crippen molar-refractivity contribution in [1.82, 2.24) is 26.6 Å². The van der Waals surface area contributed by atoms with Crippen LogP contribution in [0.3, 0.4) is 0 Å². The smallest absolute Gasteiger partial charge is 0.315 e. The number of nitrogens with one attached hydrogen (secondary N) is 5. The van der Waals surface area contributed by atoms with E-state index < -0.39 is 6.04 Å². The predicted molar refractivity (Wildman–Crippen MR) is 237 cm³/mol. The van der Waals surface area contributed by atoms with Gasteiger partial charge in [-0.05, 0) is 72.1 Å². The van der Waals surface area contributed by atoms with Crippen LogP contribution in [0, 0.1) is 19.8 Å². The van der Waals surface area contributed by atoms with Crippen molar-refractivity contribution in [2.24, 2.45) is 5.92 Å². The van der Waals surface area contributed by atoms with E-state index in [0.29, 0.717) is 37.4 Å². The van der Waals surface area contributed by atoms with E-state index in [1.54, 1.807) is 6.41 Å². The topological polar surface area (TPSA) is 163 Å². The summed E-state index contributed by atoms with van der Waals surface area (Å²) >= 11 is 0. The molecule has 0 aromatic heterocycles. The van der Waals surface area contributed by atoms with Crippen LogP contribution in [0.4, 0.5) is 9.59 Å². The number of urea groups is 2. The molecule has 0 bridgehead atoms. The van der Waals surface area contributed by atoms with E-state index in [-0.39, 0.29) is 115 Å². The van der Waals surface area contributed by atoms with Crippen molar-refractivity contribution >= 4 is 36.3 Å². The molecule has 0 heterocycles. The number of rotatable bonds is 29. The molecular weight excluding hydrogens is 884 g/mol. The van der Waals surface area contributed by atoms with Crippen LogP contribution in [0.25, 0.3) is 0 Å². The van der Waals surface area contributed by atoms with Gasteiger partial charge in [0.05, 0.1) is 6.04 Å². The van der Waals surface area contributed by atoms with Gasteiger partial charge in [-0.3, -0.25) is 11.1 Å². The Morgan fingerprint density at radius 3 is 1.31 bits per heavy atom. The molecule has 11 nitrogen and oxygen atoms in total. The second-order valence-electron chi connectivity index (χ2n) is 14.6. The molecule has 5 atom stereocenters. The maximum absolute atomic E-state index is 11.9. The maximum atomic E-state index is 11.9. The Balaban J connectivity index is -0.000000135. The average Bonchev–Trinajstić information content (AvgIpc) is 3.13. The number of Topliss-reactive ketones (excluding diaryl/α,β-unsaturated/α-hetero) is 2. The van der Waals surface area contributed by atoms with Crippen molar-refractivity contribution in [1.29, 1.82) is 0 Å². The number of ketones is 2. The van der Waals surface area contributed by atoms with Crippen LogP contribution < -0.4 is 26.6 Å². The van der Waals surface area contributed by atoms with E-state index in [0.717, 1.165) is 103 Å². The van der Waals surface area contributed by atoms with E-state index in [9.17, 15) is 28.8 Å². The summed E-state index contributed by atoms with van der Waals surface area (Å²) in [5.41, 5.74) is 0. The first-order chi connectivity index (χ1) is 26.2. The molecule has 0 aliphatic heterocycles. The molecule has 5 N–H and O–H groups in total. The van der Waals surface area contributed by atoms with E-state index >= 15 is 0 Å². The Bertz CT molecular complexity index is 943. The molecule has 0 saturated heterocycles. The fraction of sp³-hybridized carbons (Fsp3) is 0.822. The zero-order valence-corrected chi connectivity index (χ0v) is 43.8. The van der Waals surface area contributed by atoms with Crippen LogP contribution >= 0.6 is 0 Å². The molecule has 0 spiro atoms. The Labute approximate surface area is 408 Å². The third-order valence-corrected chi connectivity index (χ3v) is 8.91. The van der Waals surface area contributed by atoms with Crippen LogP contribution in [0.15, 0.2) is 0 Å². The van der Waals surface area contributed by atoms with Crippen LogP contribution in [-0.2, 0) is 84.6 Å². The largest absolute Gasteiger partial charge is 0.542 e. The van der Waals surface area contributed by atoms with Gasteiger partial charge in [-0.15, -0.1) is 6.42 Å². The van der Waals surface area contributed by atoms with E-state index in [1.807, 2.05) is 47.8 Å². The standard InChI is InChI=1S/C18H34N3O3.C14H27N2O2.C9H17O.C3H7.CH4.2Y/c1-5-10-14(3)20-18(24)21-15(4)11-8-7-9-12-17(23)16(6-2)19-13-22;1-4-9-12(2)15-14(18)16-13(3)10-7-5-6-8-11-17;1-4-8(5-2)7-9(10)6-3;1-3-2;;;/h14-16H,5-12H2,1-4H3,(H,19,22)(H2,20,21,24);12-13H,4-10H2,1-3H3,(H2,15,16,18);8H,3-7H2,1-2H3;1,3H2,2H3;1H4;;/q4*-1;;;. The van der Waals surface area contributed by atoms with Gasteiger partial charge in [0.15, 0.2) is 5.78 Å². The maximum Gasteiger partial charge on any atom is 0.315 e. The first-order valence-corrected chi connectivity index (χ1v) is 21.4. The summed E-state index contributed by atoms with van der Waals surface area (Å²) in [6.45, 7) is 27.4. The molecule has 58 heavy (non-hydrogen) atoms. The Hall–Kier alpha value is -0.772. The van der Waals surface area contributed by atoms with Gasteiger partial charge in [0.25, 0.3) is 0 Å². The van der Waals surface area contributed by atoms with Gasteiger partial charge in [0.2, 0.25) is 0 Å². The zero-order chi connectivity index (χ0) is 42.9. The molecule has 5 amide bonds. The van der Waals surface area contributed by atoms with Gasteiger partial charge in [0.1, 0.15) is 5.78 Å². The number of amides is 5. The molecule has 0 aromatic carbocycles. The average molecular weight is 974 g/mol. The summed E-state index contributed by atoms with van der Waals surface area (Å²) in [6, 6.07) is 0.118. The number of unbranched alkanes of at least 4 members (excludes halogenated alkanes) is 5. The second kappa shape index (κ2) is 54.2. The summed E-state index contributed by atoms with van der Waals surface area (Å²) in [7, 11) is 0. The Morgan fingerprint density at radius 1 is 0.586 bits per heavy atom. The third kappa shape index (κ3) is 53.2. The minimum absolute atomic E-state index is 0. The molecule has 0 aliphatic carbocycles. The Morgan fingerprint density at radius 2 is 0.983 bits per heavy atom. The molecule has 2 radical (unpaired) electrons. The summed E-state index contributed by atoms with van der Waals surface area (Å²) in [5.74, 6) is 0.958. The fourth-order valence-corrected chi connectivity index (χ4v) is 5.54. The molecular formula is C45H89N5O6Y2-4. The summed E-state index contributed by atoms with van der Waals surface area (Å²) in [5, 5.41) is 14.2. The summed E-state index contributed by atoms with van der Waals surface area (Å²) in [4.78, 5) is 66.4. The van der Waals surface area contributed by atoms with E-state index in [2.05, 4.69) is 68.1 Å². The predicted octanol–water partition coefficient (Wildman–Crippen LogP) is 10.2. The Kier molecular flexibility index (Phi) is 67.1. The van der Waals surface area contributed by atoms with E-state index in [4.69, 9.17) is 0 Å². The summed E-state index contributed by atoms with van der Waals surface area (Å²) < 4.78 is 0. The van der Waals surface area contributed by atoms with Crippen molar-refractivity contribution in [2.45, 2.75) is 235 Å². The monoisotopic (exact) mass is 973 g/mol. The first kappa shape index (κ1) is 71.7. The van der Waals surface area contributed by atoms with Crippen molar-refractivity contribution < 1.29 is 94.2 Å². The molecule has 0 aliphatic rings. The second-order valence-corrected chi connectivity index (χ2v) is 14.6. The molecule has 0 rings (SSSR count). The molecule has 0 fully saturated rings. The van der Waals surface area contributed by atoms with Crippen LogP contribution in [-0.4, -0.2) is 66.5 Å². The number of hydrogen-bond donors (Lipinski definition) is 5. The summed E-state index contributed by atoms with van der Waals surface area (Å²) in [6.07, 6.45) is 21.1. The molecule has 0 aromatic rings. The first-order valence-electron chi connectivity index (χ1n) is 21.4.